The summed E-state index contributed by atoms with van der Waals surface area (Å²) in [5.41, 5.74) is 5.50. The van der Waals surface area contributed by atoms with Gasteiger partial charge >= 0.3 is 6.01 Å². The molecule has 25 nitrogen and oxygen atoms in total. The molecule has 1 saturated heterocycles. The molecule has 1 fully saturated rings. The van der Waals surface area contributed by atoms with Gasteiger partial charge in [0.25, 0.3) is 11.5 Å². The van der Waals surface area contributed by atoms with E-state index < -0.39 is 77.4 Å². The van der Waals surface area contributed by atoms with Gasteiger partial charge in [0.15, 0.2) is 5.69 Å². The minimum atomic E-state index is -1.06. The van der Waals surface area contributed by atoms with Gasteiger partial charge in [-0.05, 0) is 60.6 Å². The monoisotopic (exact) mass is 1240 g/mol. The first-order valence-electron chi connectivity index (χ1n) is 27.5. The quantitative estimate of drug-likeness (QED) is 0.0562. The van der Waals surface area contributed by atoms with Crippen molar-refractivity contribution >= 4 is 69.8 Å². The van der Waals surface area contributed by atoms with Gasteiger partial charge < -0.3 is 54.0 Å². The Morgan fingerprint density at radius 3 is 2.29 bits per heavy atom. The first-order chi connectivity index (χ1) is 41.1. The third kappa shape index (κ3) is 14.1. The summed E-state index contributed by atoms with van der Waals surface area (Å²) in [6.07, 6.45) is 4.18. The Morgan fingerprint density at radius 2 is 1.62 bits per heavy atom. The number of ether oxygens (including phenoxy) is 4. The maximum atomic E-state index is 14.7. The number of likely N-dealkylation sites (tertiary alicyclic amines) is 1. The number of imidazole rings is 1. The normalized spacial score (nSPS) is 16.5. The number of carbonyl (C=O) groups is 5. The van der Waals surface area contributed by atoms with Gasteiger partial charge in [-0.1, -0.05) is 85.6 Å². The minimum Gasteiger partial charge on any atom is -0.480 e. The standard InChI is InChI=1S/C58H66Cl2N14O11S/c1-32(34-10-12-36(13-11-34)49-33(2)63-31-86-49)64-52(78)42-23-40(75)28-73(42)56(81)50(58(3,4)5)65-45(77)30-85-21-20-84-29-44(76)61-24-39-27-71(69-68-39)18-9-19-72-48-46(66-51(72)41-25-62-57(83-8)67-53(41)82-7)55(80)74(43-22-38(60)26-70(6)54(43)79)47(48)35-14-16-37(59)17-15-35/h10-17,22,25-27,31-32,40,42,47,50,75H,9,18-21,23-24,28-30H2,1-8H3,(H,61,76)(H,64,78)(H,65,77)/t32-,40+,42-,47-,50+/m0/s1. The lowest BCUT2D eigenvalue weighted by atomic mass is 9.85. The van der Waals surface area contributed by atoms with Gasteiger partial charge in [0, 0.05) is 50.5 Å². The van der Waals surface area contributed by atoms with Crippen LogP contribution in [0.2, 0.25) is 10.0 Å². The van der Waals surface area contributed by atoms with Crippen LogP contribution in [0.15, 0.2) is 83.5 Å². The van der Waals surface area contributed by atoms with E-state index in [1.807, 2.05) is 42.7 Å². The van der Waals surface area contributed by atoms with Crippen LogP contribution in [0.1, 0.15) is 91.3 Å². The average Bonchev–Trinajstić information content (AvgIpc) is 1.58. The molecule has 0 saturated carbocycles. The number of nitrogens with zero attached hydrogens (tertiary/aromatic N) is 11. The summed E-state index contributed by atoms with van der Waals surface area (Å²) in [4.78, 5) is 104. The van der Waals surface area contributed by atoms with Crippen LogP contribution in [0, 0.1) is 12.3 Å². The lowest BCUT2D eigenvalue weighted by molar-refractivity contribution is -0.144. The molecule has 7 aromatic rings. The fourth-order valence-corrected chi connectivity index (χ4v) is 11.5. The molecule has 5 aromatic heterocycles. The molecule has 7 heterocycles. The smallest absolute Gasteiger partial charge is 0.319 e. The van der Waals surface area contributed by atoms with Crippen molar-refractivity contribution in [2.24, 2.45) is 12.5 Å². The molecule has 86 heavy (non-hydrogen) atoms. The molecule has 5 atom stereocenters. The van der Waals surface area contributed by atoms with Crippen molar-refractivity contribution < 1.29 is 48.0 Å². The number of anilines is 1. The first-order valence-corrected chi connectivity index (χ1v) is 29.2. The highest BCUT2D eigenvalue weighted by Gasteiger charge is 2.47. The van der Waals surface area contributed by atoms with Crippen LogP contribution in [-0.4, -0.2) is 149 Å². The number of aliphatic hydroxyl groups excluding tert-OH is 1. The van der Waals surface area contributed by atoms with E-state index in [1.165, 1.54) is 47.0 Å². The predicted molar refractivity (Wildman–Crippen MR) is 318 cm³/mol. The van der Waals surface area contributed by atoms with Crippen molar-refractivity contribution in [2.45, 2.75) is 97.4 Å². The lowest BCUT2D eigenvalue weighted by Crippen LogP contribution is -2.58. The van der Waals surface area contributed by atoms with Crippen LogP contribution in [0.5, 0.6) is 11.9 Å². The van der Waals surface area contributed by atoms with Gasteiger partial charge in [-0.25, -0.2) is 15.0 Å². The third-order valence-corrected chi connectivity index (χ3v) is 16.0. The number of carbonyl (C=O) groups excluding carboxylic acids is 5. The summed E-state index contributed by atoms with van der Waals surface area (Å²) in [6.45, 7) is 8.93. The molecule has 0 spiro atoms. The number of rotatable bonds is 24. The summed E-state index contributed by atoms with van der Waals surface area (Å²) in [7, 11) is 4.42. The third-order valence-electron chi connectivity index (χ3n) is 14.6. The number of β-amino-alcohol motifs (C(OH)–C–C–N with tert-alkyl or cyclic N) is 1. The highest BCUT2D eigenvalue weighted by atomic mass is 35.5. The van der Waals surface area contributed by atoms with Gasteiger partial charge in [-0.3, -0.25) is 38.3 Å². The highest BCUT2D eigenvalue weighted by Crippen LogP contribution is 2.44. The van der Waals surface area contributed by atoms with Crippen molar-refractivity contribution in [1.82, 2.24) is 64.9 Å². The van der Waals surface area contributed by atoms with E-state index in [0.717, 1.165) is 21.7 Å². The Hall–Kier alpha value is -8.14. The summed E-state index contributed by atoms with van der Waals surface area (Å²) in [5.74, 6) is -2.01. The van der Waals surface area contributed by atoms with Gasteiger partial charge in [0.2, 0.25) is 29.5 Å². The fourth-order valence-electron chi connectivity index (χ4n) is 10.3. The number of thiazole rings is 1. The van der Waals surface area contributed by atoms with Crippen molar-refractivity contribution in [3.05, 3.63) is 133 Å². The lowest BCUT2D eigenvalue weighted by Gasteiger charge is -2.35. The zero-order valence-electron chi connectivity index (χ0n) is 48.6. The number of aromatic nitrogens is 9. The van der Waals surface area contributed by atoms with E-state index in [9.17, 15) is 33.9 Å². The summed E-state index contributed by atoms with van der Waals surface area (Å²) in [6, 6.07) is 13.0. The molecular formula is C58H66Cl2N14O11S. The zero-order valence-corrected chi connectivity index (χ0v) is 50.9. The van der Waals surface area contributed by atoms with Crippen LogP contribution in [0.25, 0.3) is 21.8 Å². The molecular weight excluding hydrogens is 1170 g/mol. The number of hydrogen-bond donors (Lipinski definition) is 4. The van der Waals surface area contributed by atoms with Crippen LogP contribution in [0.4, 0.5) is 5.69 Å². The minimum absolute atomic E-state index is 0.0267. The number of methoxy groups -OCH3 is 2. The van der Waals surface area contributed by atoms with E-state index in [1.54, 1.807) is 79.8 Å². The Bertz CT molecular complexity index is 3680. The summed E-state index contributed by atoms with van der Waals surface area (Å²) >= 11 is 14.4. The maximum Gasteiger partial charge on any atom is 0.319 e. The first kappa shape index (κ1) is 62.4. The molecule has 5 amide bonds. The summed E-state index contributed by atoms with van der Waals surface area (Å²) in [5, 5.41) is 28.4. The largest absolute Gasteiger partial charge is 0.480 e. The number of amides is 5. The molecule has 454 valence electrons. The predicted octanol–water partition coefficient (Wildman–Crippen LogP) is 5.25. The number of pyridine rings is 1. The van der Waals surface area contributed by atoms with Crippen molar-refractivity contribution in [2.75, 3.05) is 52.1 Å². The highest BCUT2D eigenvalue weighted by molar-refractivity contribution is 7.13. The molecule has 0 radical (unpaired) electrons. The van der Waals surface area contributed by atoms with Crippen LogP contribution in [0.3, 0.4) is 0 Å². The zero-order chi connectivity index (χ0) is 61.6. The molecule has 0 unspecified atom stereocenters. The maximum absolute atomic E-state index is 14.7. The number of hydrogen-bond acceptors (Lipinski definition) is 18. The second kappa shape index (κ2) is 27.1. The number of aliphatic hydroxyl groups is 1. The molecule has 0 aliphatic carbocycles. The van der Waals surface area contributed by atoms with Gasteiger partial charge in [0.05, 0.1) is 84.7 Å². The van der Waals surface area contributed by atoms with Gasteiger partial charge in [-0.15, -0.1) is 16.4 Å². The number of halogens is 2. The number of aryl methyl sites for hydroxylation is 3. The van der Waals surface area contributed by atoms with E-state index in [4.69, 9.17) is 47.1 Å². The second-order valence-electron chi connectivity index (χ2n) is 21.8. The van der Waals surface area contributed by atoms with Crippen LogP contribution < -0.4 is 35.9 Å². The Kier molecular flexibility index (Phi) is 19.6. The van der Waals surface area contributed by atoms with E-state index >= 15 is 0 Å². The average molecular weight is 1240 g/mol. The molecule has 4 N–H and O–H groups in total. The number of benzene rings is 2. The molecule has 2 aliphatic heterocycles. The van der Waals surface area contributed by atoms with Crippen LogP contribution in [-0.2, 0) is 55.3 Å². The molecule has 2 aliphatic rings. The molecule has 28 heteroatoms. The SMILES string of the molecule is COc1ncc(-c2nc3c(n2CCCn2cc(CNC(=O)COCCOCC(=O)N[C@H](C(=O)N4C[C@H](O)C[C@H]4C(=O)N[C@@H](C)c4ccc(-c5scnc5C)cc4)C(C)(C)C)nn2)[C@H](c2ccc(Cl)cc2)N(c2cc(Cl)cn(C)c2=O)C3=O)c(OC)n1. The van der Waals surface area contributed by atoms with Crippen molar-refractivity contribution in [3.63, 3.8) is 0 Å². The molecule has 2 aromatic carbocycles. The van der Waals surface area contributed by atoms with Crippen LogP contribution >= 0.6 is 34.5 Å². The van der Waals surface area contributed by atoms with Gasteiger partial charge in [-0.2, -0.15) is 4.98 Å². The summed E-state index contributed by atoms with van der Waals surface area (Å²) < 4.78 is 26.7. The number of nitrogens with one attached hydrogen (secondary N) is 3. The van der Waals surface area contributed by atoms with E-state index in [-0.39, 0.29) is 74.2 Å². The fraction of sp³-hybridized carbons (Fsp3) is 0.414. The second-order valence-corrected chi connectivity index (χ2v) is 23.5. The van der Waals surface area contributed by atoms with E-state index in [0.29, 0.717) is 46.3 Å². The van der Waals surface area contributed by atoms with Gasteiger partial charge in [0.1, 0.15) is 48.5 Å². The van der Waals surface area contributed by atoms with Crippen molar-refractivity contribution in [1.29, 1.82) is 0 Å². The molecule has 9 rings (SSSR count). The molecule has 0 bridgehead atoms. The Morgan fingerprint density at radius 1 is 0.895 bits per heavy atom. The topological polar surface area (TPSA) is 294 Å². The van der Waals surface area contributed by atoms with Crippen molar-refractivity contribution in [3.8, 4) is 33.7 Å². The number of fused-ring (bicyclic) bond motifs is 1. The Labute approximate surface area is 509 Å². The van der Waals surface area contributed by atoms with E-state index in [2.05, 4.69) is 41.2 Å². The Balaban J connectivity index is 0.755.